The predicted molar refractivity (Wildman–Crippen MR) is 89.6 cm³/mol. The number of hydrogen-bond acceptors (Lipinski definition) is 2. The number of halogens is 1. The topological polar surface area (TPSA) is 21.3 Å². The van der Waals surface area contributed by atoms with Crippen molar-refractivity contribution in [1.29, 1.82) is 0 Å². The number of ether oxygens (including phenoxy) is 1. The molecule has 0 saturated heterocycles. The molecule has 0 fully saturated rings. The van der Waals surface area contributed by atoms with Crippen LogP contribution < -0.4 is 10.1 Å². The molecule has 0 unspecified atom stereocenters. The number of aryl methyl sites for hydroxylation is 1. The summed E-state index contributed by atoms with van der Waals surface area (Å²) in [6.07, 6.45) is 0. The zero-order valence-corrected chi connectivity index (χ0v) is 13.8. The summed E-state index contributed by atoms with van der Waals surface area (Å²) in [5, 5.41) is 3.75. The normalized spacial score (nSPS) is 11.0. The van der Waals surface area contributed by atoms with Gasteiger partial charge in [0, 0.05) is 6.54 Å². The van der Waals surface area contributed by atoms with Gasteiger partial charge in [0.15, 0.2) is 0 Å². The van der Waals surface area contributed by atoms with E-state index in [1.807, 2.05) is 32.2 Å². The molecular formula is C18H22ClNO. The molecule has 0 aromatic heterocycles. The van der Waals surface area contributed by atoms with Crippen LogP contribution in [0.15, 0.2) is 36.4 Å². The highest BCUT2D eigenvalue weighted by Gasteiger charge is 2.09. The van der Waals surface area contributed by atoms with E-state index in [-0.39, 0.29) is 0 Å². The van der Waals surface area contributed by atoms with Crippen LogP contribution in [0.4, 0.5) is 0 Å². The fraction of sp³-hybridized carbons (Fsp3) is 0.333. The van der Waals surface area contributed by atoms with Crippen molar-refractivity contribution in [3.05, 3.63) is 58.1 Å². The molecule has 0 saturated carbocycles. The van der Waals surface area contributed by atoms with Gasteiger partial charge in [0.2, 0.25) is 0 Å². The van der Waals surface area contributed by atoms with Gasteiger partial charge in [-0.25, -0.2) is 0 Å². The molecule has 3 heteroatoms. The first-order valence-electron chi connectivity index (χ1n) is 7.22. The Labute approximate surface area is 132 Å². The molecule has 0 bridgehead atoms. The molecule has 2 rings (SSSR count). The highest BCUT2D eigenvalue weighted by atomic mass is 35.5. The third-order valence-corrected chi connectivity index (χ3v) is 3.77. The molecule has 0 aliphatic carbocycles. The van der Waals surface area contributed by atoms with E-state index >= 15 is 0 Å². The maximum Gasteiger partial charge on any atom is 0.146 e. The summed E-state index contributed by atoms with van der Waals surface area (Å²) in [4.78, 5) is 0. The van der Waals surface area contributed by atoms with Crippen molar-refractivity contribution < 1.29 is 4.74 Å². The highest BCUT2D eigenvalue weighted by Crippen LogP contribution is 2.33. The molecule has 0 amide bonds. The lowest BCUT2D eigenvalue weighted by molar-refractivity contribution is 0.477. The van der Waals surface area contributed by atoms with Crippen LogP contribution >= 0.6 is 11.6 Å². The van der Waals surface area contributed by atoms with Gasteiger partial charge >= 0.3 is 0 Å². The number of hydrogen-bond donors (Lipinski definition) is 1. The Morgan fingerprint density at radius 3 is 2.48 bits per heavy atom. The first kappa shape index (κ1) is 15.9. The van der Waals surface area contributed by atoms with Gasteiger partial charge in [0.25, 0.3) is 0 Å². The number of nitrogens with one attached hydrogen (secondary N) is 1. The van der Waals surface area contributed by atoms with E-state index < -0.39 is 0 Å². The first-order chi connectivity index (χ1) is 10.0. The van der Waals surface area contributed by atoms with E-state index in [4.69, 9.17) is 16.3 Å². The van der Waals surface area contributed by atoms with Crippen molar-refractivity contribution in [2.75, 3.05) is 7.05 Å². The average Bonchev–Trinajstić information content (AvgIpc) is 2.44. The smallest absolute Gasteiger partial charge is 0.146 e. The maximum absolute atomic E-state index is 6.32. The molecule has 0 aliphatic rings. The first-order valence-corrected chi connectivity index (χ1v) is 7.60. The van der Waals surface area contributed by atoms with Gasteiger partial charge in [-0.15, -0.1) is 0 Å². The van der Waals surface area contributed by atoms with Crippen molar-refractivity contribution in [3.63, 3.8) is 0 Å². The summed E-state index contributed by atoms with van der Waals surface area (Å²) in [7, 11) is 1.92. The molecular weight excluding hydrogens is 282 g/mol. The summed E-state index contributed by atoms with van der Waals surface area (Å²) in [6, 6.07) is 12.2. The lowest BCUT2D eigenvalue weighted by Gasteiger charge is -2.14. The van der Waals surface area contributed by atoms with Gasteiger partial charge in [0.1, 0.15) is 11.5 Å². The lowest BCUT2D eigenvalue weighted by atomic mass is 10.0. The Morgan fingerprint density at radius 2 is 1.86 bits per heavy atom. The second kappa shape index (κ2) is 6.97. The highest BCUT2D eigenvalue weighted by molar-refractivity contribution is 6.32. The molecule has 2 aromatic carbocycles. The van der Waals surface area contributed by atoms with Gasteiger partial charge in [-0.1, -0.05) is 43.6 Å². The quantitative estimate of drug-likeness (QED) is 0.811. The fourth-order valence-electron chi connectivity index (χ4n) is 2.15. The van der Waals surface area contributed by atoms with Crippen molar-refractivity contribution >= 4 is 11.6 Å². The lowest BCUT2D eigenvalue weighted by Crippen LogP contribution is -2.04. The standard InChI is InChI=1S/C18H22ClNO/c1-12(2)15-7-5-13(3)18(10-15)21-17-8-6-14(11-20-4)9-16(17)19/h5-10,12,20H,11H2,1-4H3. The maximum atomic E-state index is 6.32. The monoisotopic (exact) mass is 303 g/mol. The van der Waals surface area contributed by atoms with Gasteiger partial charge in [-0.2, -0.15) is 0 Å². The van der Waals surface area contributed by atoms with Crippen LogP contribution in [0.2, 0.25) is 5.02 Å². The SMILES string of the molecule is CNCc1ccc(Oc2cc(C(C)C)ccc2C)c(Cl)c1. The molecule has 112 valence electrons. The molecule has 21 heavy (non-hydrogen) atoms. The van der Waals surface area contributed by atoms with Crippen LogP contribution in [-0.2, 0) is 6.54 Å². The Bertz CT molecular complexity index is 623. The van der Waals surface area contributed by atoms with Crippen LogP contribution in [0.3, 0.4) is 0 Å². The van der Waals surface area contributed by atoms with Gasteiger partial charge in [-0.05, 0) is 54.8 Å². The molecule has 2 nitrogen and oxygen atoms in total. The molecule has 2 aromatic rings. The summed E-state index contributed by atoms with van der Waals surface area (Å²) >= 11 is 6.32. The average molecular weight is 304 g/mol. The zero-order chi connectivity index (χ0) is 15.4. The van der Waals surface area contributed by atoms with Crippen molar-refractivity contribution in [2.45, 2.75) is 33.2 Å². The minimum absolute atomic E-state index is 0.474. The third-order valence-electron chi connectivity index (χ3n) is 3.48. The molecule has 1 N–H and O–H groups in total. The minimum Gasteiger partial charge on any atom is -0.456 e. The summed E-state index contributed by atoms with van der Waals surface area (Å²) in [6.45, 7) is 7.19. The molecule has 0 aliphatic heterocycles. The predicted octanol–water partition coefficient (Wildman–Crippen LogP) is 5.28. The Kier molecular flexibility index (Phi) is 5.27. The van der Waals surface area contributed by atoms with E-state index in [0.717, 1.165) is 23.4 Å². The minimum atomic E-state index is 0.474. The van der Waals surface area contributed by atoms with Gasteiger partial charge in [-0.3, -0.25) is 0 Å². The van der Waals surface area contributed by atoms with Crippen LogP contribution in [0.1, 0.15) is 36.5 Å². The van der Waals surface area contributed by atoms with Crippen LogP contribution in [0, 0.1) is 6.92 Å². The molecule has 0 spiro atoms. The van der Waals surface area contributed by atoms with Crippen LogP contribution in [0.25, 0.3) is 0 Å². The largest absolute Gasteiger partial charge is 0.456 e. The summed E-state index contributed by atoms with van der Waals surface area (Å²) in [5.74, 6) is 2.03. The van der Waals surface area contributed by atoms with E-state index in [0.29, 0.717) is 16.7 Å². The van der Waals surface area contributed by atoms with E-state index in [9.17, 15) is 0 Å². The van der Waals surface area contributed by atoms with Crippen molar-refractivity contribution in [2.24, 2.45) is 0 Å². The summed E-state index contributed by atoms with van der Waals surface area (Å²) in [5.41, 5.74) is 3.51. The van der Waals surface area contributed by atoms with E-state index in [1.54, 1.807) is 0 Å². The fourth-order valence-corrected chi connectivity index (χ4v) is 2.39. The van der Waals surface area contributed by atoms with Crippen molar-refractivity contribution in [3.8, 4) is 11.5 Å². The Morgan fingerprint density at radius 1 is 1.10 bits per heavy atom. The van der Waals surface area contributed by atoms with Crippen LogP contribution in [0.5, 0.6) is 11.5 Å². The van der Waals surface area contributed by atoms with Gasteiger partial charge in [0.05, 0.1) is 5.02 Å². The molecule has 0 radical (unpaired) electrons. The third kappa shape index (κ3) is 3.99. The summed E-state index contributed by atoms with van der Waals surface area (Å²) < 4.78 is 6.01. The second-order valence-corrected chi connectivity index (χ2v) is 5.98. The van der Waals surface area contributed by atoms with E-state index in [2.05, 4.69) is 37.4 Å². The van der Waals surface area contributed by atoms with Crippen molar-refractivity contribution in [1.82, 2.24) is 5.32 Å². The number of rotatable bonds is 5. The number of benzene rings is 2. The Hall–Kier alpha value is -1.51. The van der Waals surface area contributed by atoms with E-state index in [1.165, 1.54) is 5.56 Å². The second-order valence-electron chi connectivity index (χ2n) is 5.58. The Balaban J connectivity index is 2.27. The molecule has 0 heterocycles. The van der Waals surface area contributed by atoms with Crippen LogP contribution in [-0.4, -0.2) is 7.05 Å². The molecule has 0 atom stereocenters. The van der Waals surface area contributed by atoms with Gasteiger partial charge < -0.3 is 10.1 Å². The zero-order valence-electron chi connectivity index (χ0n) is 13.0.